The van der Waals surface area contributed by atoms with Gasteiger partial charge < -0.3 is 9.73 Å². The van der Waals surface area contributed by atoms with Gasteiger partial charge in [-0.3, -0.25) is 4.79 Å². The summed E-state index contributed by atoms with van der Waals surface area (Å²) in [4.78, 5) is 11.7. The molecule has 0 unspecified atom stereocenters. The van der Waals surface area contributed by atoms with Gasteiger partial charge in [0, 0.05) is 18.5 Å². The molecule has 0 saturated heterocycles. The van der Waals surface area contributed by atoms with Crippen LogP contribution in [0.25, 0.3) is 0 Å². The summed E-state index contributed by atoms with van der Waals surface area (Å²) in [5.74, 6) is 1.20. The minimum atomic E-state index is -4.38. The number of hydrogen-bond donors (Lipinski definition) is 1. The van der Waals surface area contributed by atoms with E-state index in [2.05, 4.69) is 5.32 Å². The van der Waals surface area contributed by atoms with Crippen LogP contribution in [0.3, 0.4) is 0 Å². The molecule has 2 rings (SSSR count). The molecule has 0 bridgehead atoms. The van der Waals surface area contributed by atoms with E-state index in [4.69, 9.17) is 4.42 Å². The highest BCUT2D eigenvalue weighted by Crippen LogP contribution is 2.29. The second-order valence-corrected chi connectivity index (χ2v) is 4.64. The van der Waals surface area contributed by atoms with Gasteiger partial charge in [0.1, 0.15) is 11.5 Å². The standard InChI is InChI=1S/C15H14F3NO2/c1-10-2-7-13(21-10)8-9-14(20)19-12-5-3-11(4-6-12)15(16,17)18/h2-7H,8-9H2,1H3,(H,19,20). The van der Waals surface area contributed by atoms with Crippen LogP contribution in [0.2, 0.25) is 0 Å². The summed E-state index contributed by atoms with van der Waals surface area (Å²) in [6.45, 7) is 1.81. The van der Waals surface area contributed by atoms with Gasteiger partial charge in [0.15, 0.2) is 0 Å². The van der Waals surface area contributed by atoms with Gasteiger partial charge in [-0.05, 0) is 43.3 Å². The van der Waals surface area contributed by atoms with Crippen molar-refractivity contribution in [3.8, 4) is 0 Å². The van der Waals surface area contributed by atoms with Crippen molar-refractivity contribution in [2.75, 3.05) is 5.32 Å². The molecule has 112 valence electrons. The molecule has 0 fully saturated rings. The van der Waals surface area contributed by atoms with Gasteiger partial charge in [0.25, 0.3) is 0 Å². The number of halogens is 3. The number of benzene rings is 1. The van der Waals surface area contributed by atoms with Crippen LogP contribution in [0.4, 0.5) is 18.9 Å². The fourth-order valence-corrected chi connectivity index (χ4v) is 1.82. The van der Waals surface area contributed by atoms with Crippen LogP contribution < -0.4 is 5.32 Å². The molecule has 1 aromatic carbocycles. The van der Waals surface area contributed by atoms with Crippen molar-refractivity contribution in [3.63, 3.8) is 0 Å². The van der Waals surface area contributed by atoms with Crippen LogP contribution in [-0.4, -0.2) is 5.91 Å². The van der Waals surface area contributed by atoms with Crippen molar-refractivity contribution in [1.29, 1.82) is 0 Å². The maximum atomic E-state index is 12.4. The van der Waals surface area contributed by atoms with Crippen LogP contribution >= 0.6 is 0 Å². The zero-order chi connectivity index (χ0) is 15.5. The number of carbonyl (C=O) groups excluding carboxylic acids is 1. The molecule has 6 heteroatoms. The lowest BCUT2D eigenvalue weighted by atomic mass is 10.2. The van der Waals surface area contributed by atoms with Crippen molar-refractivity contribution in [1.82, 2.24) is 0 Å². The first-order valence-electron chi connectivity index (χ1n) is 6.37. The average molecular weight is 297 g/mol. The third-order valence-corrected chi connectivity index (χ3v) is 2.89. The Balaban J connectivity index is 1.88. The Labute approximate surface area is 119 Å². The van der Waals surface area contributed by atoms with Crippen LogP contribution in [0, 0.1) is 6.92 Å². The molecule has 21 heavy (non-hydrogen) atoms. The number of amides is 1. The van der Waals surface area contributed by atoms with E-state index in [9.17, 15) is 18.0 Å². The molecule has 1 amide bonds. The zero-order valence-electron chi connectivity index (χ0n) is 11.3. The first-order valence-corrected chi connectivity index (χ1v) is 6.37. The lowest BCUT2D eigenvalue weighted by molar-refractivity contribution is -0.137. The first-order chi connectivity index (χ1) is 9.84. The van der Waals surface area contributed by atoms with E-state index in [1.807, 2.05) is 13.0 Å². The van der Waals surface area contributed by atoms with E-state index in [0.717, 1.165) is 17.9 Å². The Bertz CT molecular complexity index is 615. The predicted octanol–water partition coefficient (Wildman–Crippen LogP) is 4.18. The van der Waals surface area contributed by atoms with Gasteiger partial charge in [-0.1, -0.05) is 0 Å². The third-order valence-electron chi connectivity index (χ3n) is 2.89. The van der Waals surface area contributed by atoms with E-state index < -0.39 is 11.7 Å². The minimum Gasteiger partial charge on any atom is -0.466 e. The number of anilines is 1. The van der Waals surface area contributed by atoms with Gasteiger partial charge >= 0.3 is 6.18 Å². The number of aryl methyl sites for hydroxylation is 2. The summed E-state index contributed by atoms with van der Waals surface area (Å²) < 4.78 is 42.5. The summed E-state index contributed by atoms with van der Waals surface area (Å²) in [5.41, 5.74) is -0.407. The first kappa shape index (κ1) is 15.2. The van der Waals surface area contributed by atoms with Gasteiger partial charge in [-0.15, -0.1) is 0 Å². The van der Waals surface area contributed by atoms with Crippen LogP contribution in [-0.2, 0) is 17.4 Å². The van der Waals surface area contributed by atoms with E-state index in [1.165, 1.54) is 12.1 Å². The average Bonchev–Trinajstić information content (AvgIpc) is 2.82. The highest BCUT2D eigenvalue weighted by molar-refractivity contribution is 5.90. The van der Waals surface area contributed by atoms with Crippen LogP contribution in [0.5, 0.6) is 0 Å². The number of alkyl halides is 3. The smallest absolute Gasteiger partial charge is 0.416 e. The van der Waals surface area contributed by atoms with Gasteiger partial charge in [0.05, 0.1) is 5.56 Å². The topological polar surface area (TPSA) is 42.2 Å². The maximum absolute atomic E-state index is 12.4. The van der Waals surface area contributed by atoms with Crippen molar-refractivity contribution in [2.24, 2.45) is 0 Å². The van der Waals surface area contributed by atoms with Crippen molar-refractivity contribution in [2.45, 2.75) is 25.9 Å². The van der Waals surface area contributed by atoms with Crippen molar-refractivity contribution in [3.05, 3.63) is 53.5 Å². The number of hydrogen-bond acceptors (Lipinski definition) is 2. The molecule has 0 aliphatic heterocycles. The summed E-state index contributed by atoms with van der Waals surface area (Å²) in [6, 6.07) is 7.94. The van der Waals surface area contributed by atoms with Crippen molar-refractivity contribution >= 4 is 11.6 Å². The molecular weight excluding hydrogens is 283 g/mol. The Morgan fingerprint density at radius 3 is 2.33 bits per heavy atom. The summed E-state index contributed by atoms with van der Waals surface area (Å²) in [5, 5.41) is 2.55. The van der Waals surface area contributed by atoms with Crippen molar-refractivity contribution < 1.29 is 22.4 Å². The molecule has 1 heterocycles. The lowest BCUT2D eigenvalue weighted by Crippen LogP contribution is -2.12. The summed E-state index contributed by atoms with van der Waals surface area (Å²) >= 11 is 0. The molecule has 2 aromatic rings. The number of rotatable bonds is 4. The largest absolute Gasteiger partial charge is 0.466 e. The van der Waals surface area contributed by atoms with Crippen LogP contribution in [0.1, 0.15) is 23.5 Å². The molecular formula is C15H14F3NO2. The fourth-order valence-electron chi connectivity index (χ4n) is 1.82. The highest BCUT2D eigenvalue weighted by atomic mass is 19.4. The predicted molar refractivity (Wildman–Crippen MR) is 71.8 cm³/mol. The zero-order valence-corrected chi connectivity index (χ0v) is 11.3. The molecule has 0 atom stereocenters. The van der Waals surface area contributed by atoms with E-state index in [0.29, 0.717) is 17.9 Å². The SMILES string of the molecule is Cc1ccc(CCC(=O)Nc2ccc(C(F)(F)F)cc2)o1. The van der Waals surface area contributed by atoms with Gasteiger partial charge in [-0.2, -0.15) is 13.2 Å². The quantitative estimate of drug-likeness (QED) is 0.920. The highest BCUT2D eigenvalue weighted by Gasteiger charge is 2.29. The summed E-state index contributed by atoms with van der Waals surface area (Å²) in [7, 11) is 0. The van der Waals surface area contributed by atoms with Gasteiger partial charge in [0.2, 0.25) is 5.91 Å². The minimum absolute atomic E-state index is 0.202. The monoisotopic (exact) mass is 297 g/mol. The normalized spacial score (nSPS) is 11.4. The molecule has 0 saturated carbocycles. The molecule has 0 radical (unpaired) electrons. The van der Waals surface area contributed by atoms with E-state index in [1.54, 1.807) is 6.07 Å². The Morgan fingerprint density at radius 1 is 1.14 bits per heavy atom. The molecule has 0 spiro atoms. The number of carbonyl (C=O) groups is 1. The van der Waals surface area contributed by atoms with E-state index in [-0.39, 0.29) is 12.3 Å². The Hall–Kier alpha value is -2.24. The number of furan rings is 1. The second-order valence-electron chi connectivity index (χ2n) is 4.64. The molecule has 0 aliphatic carbocycles. The van der Waals surface area contributed by atoms with Gasteiger partial charge in [-0.25, -0.2) is 0 Å². The Morgan fingerprint density at radius 2 is 1.81 bits per heavy atom. The third kappa shape index (κ3) is 4.37. The van der Waals surface area contributed by atoms with E-state index >= 15 is 0 Å². The molecule has 3 nitrogen and oxygen atoms in total. The number of nitrogens with one attached hydrogen (secondary N) is 1. The molecule has 1 aromatic heterocycles. The lowest BCUT2D eigenvalue weighted by Gasteiger charge is -2.08. The molecule has 0 aliphatic rings. The van der Waals surface area contributed by atoms with Crippen LogP contribution in [0.15, 0.2) is 40.8 Å². The maximum Gasteiger partial charge on any atom is 0.416 e. The fraction of sp³-hybridized carbons (Fsp3) is 0.267. The summed E-state index contributed by atoms with van der Waals surface area (Å²) in [6.07, 6.45) is -3.73. The Kier molecular flexibility index (Phi) is 4.35. The second kappa shape index (κ2) is 6.03. The molecule has 1 N–H and O–H groups in total.